The van der Waals surface area contributed by atoms with Crippen LogP contribution >= 0.6 is 15.9 Å². The molecule has 1 fully saturated rings. The van der Waals surface area contributed by atoms with Crippen LogP contribution in [-0.2, 0) is 0 Å². The predicted molar refractivity (Wildman–Crippen MR) is 72.0 cm³/mol. The Labute approximate surface area is 111 Å². The Morgan fingerprint density at radius 2 is 2.29 bits per heavy atom. The van der Waals surface area contributed by atoms with Crippen LogP contribution in [0, 0.1) is 12.8 Å². The standard InChI is InChI=1S/C12H18BrN3O/c1-8-4-5-16(10(8)7-13)11-6-12(17-3)15-9(2)14-11/h6,8,10H,4-5,7H2,1-3H3. The lowest BCUT2D eigenvalue weighted by molar-refractivity contribution is 0.395. The summed E-state index contributed by atoms with van der Waals surface area (Å²) in [7, 11) is 1.64. The van der Waals surface area contributed by atoms with Gasteiger partial charge in [-0.15, -0.1) is 0 Å². The van der Waals surface area contributed by atoms with Crippen LogP contribution in [-0.4, -0.2) is 35.0 Å². The summed E-state index contributed by atoms with van der Waals surface area (Å²) in [6.45, 7) is 5.24. The van der Waals surface area contributed by atoms with Crippen LogP contribution in [0.4, 0.5) is 5.82 Å². The fourth-order valence-corrected chi connectivity index (χ4v) is 3.29. The molecule has 1 aliphatic heterocycles. The average molecular weight is 300 g/mol. The van der Waals surface area contributed by atoms with Crippen molar-refractivity contribution in [2.45, 2.75) is 26.3 Å². The second-order valence-corrected chi connectivity index (χ2v) is 5.14. The summed E-state index contributed by atoms with van der Waals surface area (Å²) in [6, 6.07) is 2.43. The average Bonchev–Trinajstić information content (AvgIpc) is 2.69. The smallest absolute Gasteiger partial charge is 0.218 e. The molecule has 1 aromatic rings. The van der Waals surface area contributed by atoms with E-state index in [1.807, 2.05) is 13.0 Å². The highest BCUT2D eigenvalue weighted by Crippen LogP contribution is 2.30. The Morgan fingerprint density at radius 1 is 1.53 bits per heavy atom. The second-order valence-electron chi connectivity index (χ2n) is 4.50. The maximum atomic E-state index is 5.20. The molecular weight excluding hydrogens is 282 g/mol. The summed E-state index contributed by atoms with van der Waals surface area (Å²) in [5.41, 5.74) is 0. The summed E-state index contributed by atoms with van der Waals surface area (Å²) >= 11 is 3.59. The monoisotopic (exact) mass is 299 g/mol. The van der Waals surface area contributed by atoms with Crippen LogP contribution in [0.25, 0.3) is 0 Å². The molecule has 1 aliphatic rings. The van der Waals surface area contributed by atoms with E-state index >= 15 is 0 Å². The first-order chi connectivity index (χ1) is 8.15. The van der Waals surface area contributed by atoms with E-state index in [0.717, 1.165) is 23.5 Å². The van der Waals surface area contributed by atoms with Crippen molar-refractivity contribution in [3.05, 3.63) is 11.9 Å². The third-order valence-corrected chi connectivity index (χ3v) is 4.01. The molecule has 94 valence electrons. The lowest BCUT2D eigenvalue weighted by Gasteiger charge is -2.26. The van der Waals surface area contributed by atoms with Gasteiger partial charge in [0.15, 0.2) is 0 Å². The van der Waals surface area contributed by atoms with E-state index in [9.17, 15) is 0 Å². The van der Waals surface area contributed by atoms with Crippen LogP contribution in [0.5, 0.6) is 5.88 Å². The quantitative estimate of drug-likeness (QED) is 0.804. The summed E-state index contributed by atoms with van der Waals surface area (Å²) in [5.74, 6) is 3.06. The molecule has 0 aliphatic carbocycles. The highest BCUT2D eigenvalue weighted by atomic mass is 79.9. The molecule has 2 rings (SSSR count). The molecule has 4 nitrogen and oxygen atoms in total. The molecule has 0 N–H and O–H groups in total. The van der Waals surface area contributed by atoms with E-state index < -0.39 is 0 Å². The Hall–Kier alpha value is -0.840. The van der Waals surface area contributed by atoms with Gasteiger partial charge in [-0.05, 0) is 19.3 Å². The van der Waals surface area contributed by atoms with Crippen molar-refractivity contribution >= 4 is 21.7 Å². The van der Waals surface area contributed by atoms with Crippen molar-refractivity contribution in [1.29, 1.82) is 0 Å². The molecule has 1 aromatic heterocycles. The number of anilines is 1. The van der Waals surface area contributed by atoms with Crippen LogP contribution in [0.1, 0.15) is 19.2 Å². The van der Waals surface area contributed by atoms with Gasteiger partial charge in [0.1, 0.15) is 11.6 Å². The molecule has 5 heteroatoms. The van der Waals surface area contributed by atoms with Gasteiger partial charge in [0, 0.05) is 24.0 Å². The first-order valence-corrected chi connectivity index (χ1v) is 7.00. The molecule has 17 heavy (non-hydrogen) atoms. The van der Waals surface area contributed by atoms with Crippen LogP contribution in [0.3, 0.4) is 0 Å². The van der Waals surface area contributed by atoms with E-state index in [1.165, 1.54) is 6.42 Å². The van der Waals surface area contributed by atoms with Gasteiger partial charge in [0.2, 0.25) is 5.88 Å². The zero-order chi connectivity index (χ0) is 12.4. The first-order valence-electron chi connectivity index (χ1n) is 5.88. The normalized spacial score (nSPS) is 24.1. The molecule has 2 heterocycles. The zero-order valence-corrected chi connectivity index (χ0v) is 12.1. The maximum absolute atomic E-state index is 5.20. The van der Waals surface area contributed by atoms with Gasteiger partial charge in [-0.3, -0.25) is 0 Å². The van der Waals surface area contributed by atoms with E-state index in [2.05, 4.69) is 37.7 Å². The molecule has 0 radical (unpaired) electrons. The molecule has 0 amide bonds. The van der Waals surface area contributed by atoms with Gasteiger partial charge >= 0.3 is 0 Å². The number of rotatable bonds is 3. The van der Waals surface area contributed by atoms with Gasteiger partial charge in [0.25, 0.3) is 0 Å². The largest absolute Gasteiger partial charge is 0.481 e. The minimum atomic E-state index is 0.508. The number of halogens is 1. The molecule has 2 atom stereocenters. The molecule has 0 saturated carbocycles. The number of methoxy groups -OCH3 is 1. The predicted octanol–water partition coefficient (Wildman–Crippen LogP) is 2.40. The number of ether oxygens (including phenoxy) is 1. The van der Waals surface area contributed by atoms with Crippen molar-refractivity contribution in [1.82, 2.24) is 9.97 Å². The molecule has 0 aromatic carbocycles. The van der Waals surface area contributed by atoms with Crippen molar-refractivity contribution in [3.63, 3.8) is 0 Å². The topological polar surface area (TPSA) is 38.2 Å². The Bertz CT molecular complexity index is 399. The zero-order valence-electron chi connectivity index (χ0n) is 10.5. The summed E-state index contributed by atoms with van der Waals surface area (Å²) in [5, 5.41) is 0.972. The lowest BCUT2D eigenvalue weighted by atomic mass is 10.1. The fraction of sp³-hybridized carbons (Fsp3) is 0.667. The molecule has 1 saturated heterocycles. The van der Waals surface area contributed by atoms with E-state index in [-0.39, 0.29) is 0 Å². The van der Waals surface area contributed by atoms with Gasteiger partial charge < -0.3 is 9.64 Å². The third kappa shape index (κ3) is 2.54. The van der Waals surface area contributed by atoms with Crippen molar-refractivity contribution < 1.29 is 4.74 Å². The van der Waals surface area contributed by atoms with Gasteiger partial charge in [-0.25, -0.2) is 4.98 Å². The van der Waals surface area contributed by atoms with E-state index in [4.69, 9.17) is 4.74 Å². The Kier molecular flexibility index (Phi) is 3.86. The molecule has 0 spiro atoms. The van der Waals surface area contributed by atoms with Gasteiger partial charge in [0.05, 0.1) is 7.11 Å². The minimum absolute atomic E-state index is 0.508. The number of alkyl halides is 1. The SMILES string of the molecule is COc1cc(N2CCC(C)C2CBr)nc(C)n1. The molecule has 2 unspecified atom stereocenters. The minimum Gasteiger partial charge on any atom is -0.481 e. The second kappa shape index (κ2) is 5.21. The van der Waals surface area contributed by atoms with E-state index in [0.29, 0.717) is 17.8 Å². The number of hydrogen-bond acceptors (Lipinski definition) is 4. The molecular formula is C12H18BrN3O. The Morgan fingerprint density at radius 3 is 2.94 bits per heavy atom. The molecule has 0 bridgehead atoms. The summed E-state index contributed by atoms with van der Waals surface area (Å²) in [4.78, 5) is 11.1. The lowest BCUT2D eigenvalue weighted by Crippen LogP contribution is -2.34. The Balaban J connectivity index is 2.30. The first kappa shape index (κ1) is 12.6. The van der Waals surface area contributed by atoms with Crippen LogP contribution in [0.2, 0.25) is 0 Å². The van der Waals surface area contributed by atoms with Crippen LogP contribution < -0.4 is 9.64 Å². The van der Waals surface area contributed by atoms with E-state index in [1.54, 1.807) is 7.11 Å². The van der Waals surface area contributed by atoms with Crippen molar-refractivity contribution in [2.75, 3.05) is 23.9 Å². The van der Waals surface area contributed by atoms with Gasteiger partial charge in [-0.1, -0.05) is 22.9 Å². The van der Waals surface area contributed by atoms with Crippen molar-refractivity contribution in [3.8, 4) is 5.88 Å². The highest BCUT2D eigenvalue weighted by Gasteiger charge is 2.31. The highest BCUT2D eigenvalue weighted by molar-refractivity contribution is 9.09. The summed E-state index contributed by atoms with van der Waals surface area (Å²) in [6.07, 6.45) is 1.21. The number of nitrogens with zero attached hydrogens (tertiary/aromatic N) is 3. The maximum Gasteiger partial charge on any atom is 0.218 e. The fourth-order valence-electron chi connectivity index (χ4n) is 2.30. The number of hydrogen-bond donors (Lipinski definition) is 0. The van der Waals surface area contributed by atoms with Crippen molar-refractivity contribution in [2.24, 2.45) is 5.92 Å². The third-order valence-electron chi connectivity index (χ3n) is 3.34. The number of aromatic nitrogens is 2. The number of aryl methyl sites for hydroxylation is 1. The summed E-state index contributed by atoms with van der Waals surface area (Å²) < 4.78 is 5.20. The van der Waals surface area contributed by atoms with Gasteiger partial charge in [-0.2, -0.15) is 4.98 Å². The van der Waals surface area contributed by atoms with Crippen LogP contribution in [0.15, 0.2) is 6.07 Å².